The van der Waals surface area contributed by atoms with E-state index in [1.165, 1.54) is 36.0 Å². The van der Waals surface area contributed by atoms with E-state index in [4.69, 9.17) is 32.8 Å². The highest BCUT2D eigenvalue weighted by Crippen LogP contribution is 2.51. The fourth-order valence-electron chi connectivity index (χ4n) is 3.56. The molecule has 0 spiro atoms. The molecule has 0 bridgehead atoms. The fourth-order valence-corrected chi connectivity index (χ4v) is 6.90. The highest BCUT2D eigenvalue weighted by atomic mass is 35.5. The molecule has 1 aliphatic heterocycles. The molecule has 0 amide bonds. The summed E-state index contributed by atoms with van der Waals surface area (Å²) in [5.41, 5.74) is 1.61. The molecule has 0 saturated carbocycles. The standard InChI is InChI=1S/C21H15Cl2N3O5S3/c22-13-5-7-16(26-17-8-6-14(33(24,27)28)11-19(17)32-21(26)23)15(10-13)25-34(29,30)20-9-12-3-1-2-4-18(12)31-20/h1-11,21,25H,(H2,24,27,28). The Balaban J connectivity index is 1.57. The molecule has 1 atom stereocenters. The van der Waals surface area contributed by atoms with Gasteiger partial charge in [0, 0.05) is 21.4 Å². The zero-order valence-corrected chi connectivity index (χ0v) is 20.9. The maximum absolute atomic E-state index is 13.1. The number of thioether (sulfide) groups is 1. The van der Waals surface area contributed by atoms with Gasteiger partial charge in [-0.2, -0.15) is 8.42 Å². The van der Waals surface area contributed by atoms with Crippen molar-refractivity contribution in [3.8, 4) is 0 Å². The highest BCUT2D eigenvalue weighted by molar-refractivity contribution is 8.01. The molecule has 8 nitrogen and oxygen atoms in total. The summed E-state index contributed by atoms with van der Waals surface area (Å²) in [5.74, 6) is 0. The number of hydrogen-bond donors (Lipinski definition) is 2. The number of rotatable bonds is 5. The molecular formula is C21H15Cl2N3O5S3. The quantitative estimate of drug-likeness (QED) is 0.253. The van der Waals surface area contributed by atoms with Gasteiger partial charge in [0.2, 0.25) is 15.1 Å². The lowest BCUT2D eigenvalue weighted by molar-refractivity contribution is 0.484. The largest absolute Gasteiger partial charge is 0.443 e. The molecule has 1 aliphatic rings. The molecule has 0 radical (unpaired) electrons. The molecule has 0 fully saturated rings. The second-order valence-electron chi connectivity index (χ2n) is 7.32. The Kier molecular flexibility index (Phi) is 5.74. The SMILES string of the molecule is NS(=O)(=O)c1ccc2c(c1)SC(Cl)N2c1ccc(Cl)cc1NS(=O)(=O)c1cc2ccccc2o1. The number of nitrogens with two attached hydrogens (primary N) is 1. The third-order valence-electron chi connectivity index (χ3n) is 5.08. The van der Waals surface area contributed by atoms with E-state index < -0.39 is 24.9 Å². The van der Waals surface area contributed by atoms with Crippen LogP contribution < -0.4 is 14.8 Å². The average molecular weight is 556 g/mol. The van der Waals surface area contributed by atoms with Crippen molar-refractivity contribution in [2.75, 3.05) is 9.62 Å². The zero-order chi connectivity index (χ0) is 24.3. The topological polar surface area (TPSA) is 123 Å². The van der Waals surface area contributed by atoms with Crippen LogP contribution in [0.2, 0.25) is 5.02 Å². The van der Waals surface area contributed by atoms with Crippen LogP contribution in [0, 0.1) is 0 Å². The van der Waals surface area contributed by atoms with Crippen molar-refractivity contribution < 1.29 is 21.3 Å². The van der Waals surface area contributed by atoms with Crippen molar-refractivity contribution in [1.82, 2.24) is 0 Å². The first kappa shape index (κ1) is 23.3. The number of hydrogen-bond acceptors (Lipinski definition) is 7. The number of furan rings is 1. The van der Waals surface area contributed by atoms with Crippen LogP contribution in [-0.4, -0.2) is 21.7 Å². The first-order chi connectivity index (χ1) is 16.0. The van der Waals surface area contributed by atoms with E-state index in [2.05, 4.69) is 4.72 Å². The lowest BCUT2D eigenvalue weighted by Gasteiger charge is -2.25. The van der Waals surface area contributed by atoms with Crippen LogP contribution in [-0.2, 0) is 20.0 Å². The number of halogens is 2. The highest BCUT2D eigenvalue weighted by Gasteiger charge is 2.33. The van der Waals surface area contributed by atoms with Gasteiger partial charge >= 0.3 is 0 Å². The van der Waals surface area contributed by atoms with E-state index >= 15 is 0 Å². The summed E-state index contributed by atoms with van der Waals surface area (Å²) in [6.45, 7) is 0. The molecule has 2 heterocycles. The van der Waals surface area contributed by atoms with Crippen molar-refractivity contribution in [3.63, 3.8) is 0 Å². The Labute approximate surface area is 209 Å². The van der Waals surface area contributed by atoms with Crippen molar-refractivity contribution in [2.24, 2.45) is 5.14 Å². The maximum Gasteiger partial charge on any atom is 0.295 e. The molecule has 176 valence electrons. The van der Waals surface area contributed by atoms with Crippen LogP contribution in [0.15, 0.2) is 86.0 Å². The molecule has 4 aromatic rings. The number of fused-ring (bicyclic) bond motifs is 2. The normalized spacial score (nSPS) is 16.1. The van der Waals surface area contributed by atoms with E-state index in [1.54, 1.807) is 47.4 Å². The number of sulfonamides is 2. The molecule has 34 heavy (non-hydrogen) atoms. The van der Waals surface area contributed by atoms with E-state index in [0.717, 1.165) is 0 Å². The van der Waals surface area contributed by atoms with Crippen molar-refractivity contribution >= 4 is 83.0 Å². The smallest absolute Gasteiger partial charge is 0.295 e. The summed E-state index contributed by atoms with van der Waals surface area (Å²) in [7, 11) is -8.01. The Bertz CT molecular complexity index is 1620. The van der Waals surface area contributed by atoms with Gasteiger partial charge in [-0.15, -0.1) is 0 Å². The summed E-state index contributed by atoms with van der Waals surface area (Å²) in [6, 6.07) is 17.4. The predicted molar refractivity (Wildman–Crippen MR) is 134 cm³/mol. The Morgan fingerprint density at radius 1 is 0.971 bits per heavy atom. The summed E-state index contributed by atoms with van der Waals surface area (Å²) >= 11 is 13.9. The molecule has 3 N–H and O–H groups in total. The minimum Gasteiger partial charge on any atom is -0.443 e. The first-order valence-electron chi connectivity index (χ1n) is 9.61. The van der Waals surface area contributed by atoms with Gasteiger partial charge in [0.15, 0.2) is 4.83 Å². The summed E-state index contributed by atoms with van der Waals surface area (Å²) in [4.78, 5) is 1.50. The number of alkyl halides is 1. The van der Waals surface area contributed by atoms with Gasteiger partial charge in [-0.05, 0) is 42.5 Å². The third kappa shape index (κ3) is 4.23. The third-order valence-corrected chi connectivity index (χ3v) is 8.89. The van der Waals surface area contributed by atoms with E-state index in [9.17, 15) is 16.8 Å². The summed E-state index contributed by atoms with van der Waals surface area (Å²) in [5, 5.41) is 5.93. The van der Waals surface area contributed by atoms with E-state index in [0.29, 0.717) is 32.3 Å². The lowest BCUT2D eigenvalue weighted by atomic mass is 10.2. The lowest BCUT2D eigenvalue weighted by Crippen LogP contribution is -2.22. The molecule has 3 aromatic carbocycles. The molecular weight excluding hydrogens is 541 g/mol. The van der Waals surface area contributed by atoms with E-state index in [-0.39, 0.29) is 15.7 Å². The Morgan fingerprint density at radius 2 is 1.71 bits per heavy atom. The number of nitrogens with one attached hydrogen (secondary N) is 1. The number of benzene rings is 3. The summed E-state index contributed by atoms with van der Waals surface area (Å²) in [6.07, 6.45) is 0. The van der Waals surface area contributed by atoms with Crippen molar-refractivity contribution in [1.29, 1.82) is 0 Å². The van der Waals surface area contributed by atoms with Gasteiger partial charge in [0.25, 0.3) is 10.0 Å². The molecule has 0 aliphatic carbocycles. The van der Waals surface area contributed by atoms with Gasteiger partial charge in [-0.25, -0.2) is 13.6 Å². The average Bonchev–Trinajstić information content (AvgIpc) is 3.34. The number of primary sulfonamides is 1. The van der Waals surface area contributed by atoms with E-state index in [1.807, 2.05) is 0 Å². The van der Waals surface area contributed by atoms with Crippen LogP contribution in [0.4, 0.5) is 17.1 Å². The van der Waals surface area contributed by atoms with Gasteiger partial charge < -0.3 is 9.32 Å². The van der Waals surface area contributed by atoms with Crippen molar-refractivity contribution in [2.45, 2.75) is 19.7 Å². The molecule has 0 saturated heterocycles. The fraction of sp³-hybridized carbons (Fsp3) is 0.0476. The van der Waals surface area contributed by atoms with Crippen LogP contribution in [0.1, 0.15) is 0 Å². The monoisotopic (exact) mass is 555 g/mol. The van der Waals surface area contributed by atoms with Crippen LogP contribution >= 0.6 is 35.0 Å². The minimum atomic E-state index is -4.11. The number of para-hydroxylation sites is 1. The maximum atomic E-state index is 13.1. The van der Waals surface area contributed by atoms with Gasteiger partial charge in [0.1, 0.15) is 5.58 Å². The minimum absolute atomic E-state index is 0.0496. The van der Waals surface area contributed by atoms with Crippen molar-refractivity contribution in [3.05, 3.63) is 71.8 Å². The Morgan fingerprint density at radius 3 is 2.44 bits per heavy atom. The predicted octanol–water partition coefficient (Wildman–Crippen LogP) is 5.30. The van der Waals surface area contributed by atoms with Crippen LogP contribution in [0.25, 0.3) is 11.0 Å². The first-order valence-corrected chi connectivity index (χ1v) is 14.3. The van der Waals surface area contributed by atoms with Gasteiger partial charge in [-0.3, -0.25) is 4.72 Å². The van der Waals surface area contributed by atoms with Crippen LogP contribution in [0.5, 0.6) is 0 Å². The number of anilines is 3. The van der Waals surface area contributed by atoms with Gasteiger partial charge in [-0.1, -0.05) is 53.2 Å². The number of nitrogens with zero attached hydrogens (tertiary/aromatic N) is 1. The Hall–Kier alpha value is -2.41. The molecule has 1 unspecified atom stereocenters. The molecule has 1 aromatic heterocycles. The second-order valence-corrected chi connectivity index (χ2v) is 12.7. The summed E-state index contributed by atoms with van der Waals surface area (Å²) < 4.78 is 57.8. The molecule has 13 heteroatoms. The second kappa shape index (κ2) is 8.36. The molecule has 5 rings (SSSR count). The van der Waals surface area contributed by atoms with Gasteiger partial charge in [0.05, 0.1) is 22.0 Å². The zero-order valence-electron chi connectivity index (χ0n) is 17.0. The van der Waals surface area contributed by atoms with Crippen LogP contribution in [0.3, 0.4) is 0 Å².